The minimum atomic E-state index is -0.0219. The zero-order valence-corrected chi connectivity index (χ0v) is 11.4. The number of aryl methyl sites for hydroxylation is 4. The fraction of sp³-hybridized carbons (Fsp3) is 0.538. The molecule has 0 radical (unpaired) electrons. The Labute approximate surface area is 112 Å². The molecule has 0 saturated carbocycles. The van der Waals surface area contributed by atoms with Crippen molar-refractivity contribution in [2.75, 3.05) is 0 Å². The third-order valence-corrected chi connectivity index (χ3v) is 3.13. The fourth-order valence-corrected chi connectivity index (χ4v) is 2.13. The van der Waals surface area contributed by atoms with Crippen LogP contribution in [0.5, 0.6) is 0 Å². The predicted octanol–water partition coefficient (Wildman–Crippen LogP) is 0.771. The molecule has 0 aliphatic rings. The van der Waals surface area contributed by atoms with Crippen molar-refractivity contribution in [1.82, 2.24) is 19.6 Å². The van der Waals surface area contributed by atoms with Gasteiger partial charge in [0.1, 0.15) is 0 Å². The number of aliphatic hydroxyl groups excluding tert-OH is 2. The van der Waals surface area contributed by atoms with Gasteiger partial charge in [0.05, 0.1) is 24.6 Å². The average Bonchev–Trinajstić information content (AvgIpc) is 2.94. The number of aliphatic hydroxyl groups is 2. The lowest BCUT2D eigenvalue weighted by Gasteiger charge is -2.06. The van der Waals surface area contributed by atoms with Gasteiger partial charge in [-0.25, -0.2) is 0 Å². The smallest absolute Gasteiger partial charge is 0.0881 e. The molecule has 2 aromatic rings. The quantitative estimate of drug-likeness (QED) is 0.808. The third-order valence-electron chi connectivity index (χ3n) is 3.13. The highest BCUT2D eigenvalue weighted by Gasteiger charge is 2.05. The standard InChI is InChI=1S/C13H20N4O2/c1-10-6-12(8-18)14-16(10)4-3-5-17-11(2)7-13(9-19)15-17/h6-7,18-19H,3-5,8-9H2,1-2H3. The van der Waals surface area contributed by atoms with Gasteiger partial charge in [-0.3, -0.25) is 9.36 Å². The zero-order valence-electron chi connectivity index (χ0n) is 11.4. The molecule has 6 heteroatoms. The lowest BCUT2D eigenvalue weighted by atomic mass is 10.3. The molecule has 0 atom stereocenters. The Bertz CT molecular complexity index is 497. The summed E-state index contributed by atoms with van der Waals surface area (Å²) < 4.78 is 3.80. The van der Waals surface area contributed by atoms with Gasteiger partial charge in [-0.2, -0.15) is 10.2 Å². The van der Waals surface area contributed by atoms with E-state index in [0.717, 1.165) is 30.9 Å². The van der Waals surface area contributed by atoms with Crippen molar-refractivity contribution in [3.05, 3.63) is 34.9 Å². The summed E-state index contributed by atoms with van der Waals surface area (Å²) in [6, 6.07) is 3.78. The van der Waals surface area contributed by atoms with Crippen molar-refractivity contribution in [2.45, 2.75) is 46.6 Å². The Morgan fingerprint density at radius 2 is 1.32 bits per heavy atom. The van der Waals surface area contributed by atoms with Gasteiger partial charge in [0.2, 0.25) is 0 Å². The van der Waals surface area contributed by atoms with Crippen LogP contribution in [0, 0.1) is 13.8 Å². The van der Waals surface area contributed by atoms with E-state index in [2.05, 4.69) is 10.2 Å². The lowest BCUT2D eigenvalue weighted by Crippen LogP contribution is -2.09. The highest BCUT2D eigenvalue weighted by Crippen LogP contribution is 2.07. The van der Waals surface area contributed by atoms with Crippen molar-refractivity contribution < 1.29 is 10.2 Å². The predicted molar refractivity (Wildman–Crippen MR) is 70.4 cm³/mol. The molecule has 19 heavy (non-hydrogen) atoms. The zero-order chi connectivity index (χ0) is 13.8. The van der Waals surface area contributed by atoms with Crippen LogP contribution >= 0.6 is 0 Å². The second-order valence-corrected chi connectivity index (χ2v) is 4.67. The van der Waals surface area contributed by atoms with Crippen molar-refractivity contribution in [3.63, 3.8) is 0 Å². The van der Waals surface area contributed by atoms with E-state index in [1.807, 2.05) is 35.3 Å². The van der Waals surface area contributed by atoms with E-state index in [9.17, 15) is 0 Å². The second kappa shape index (κ2) is 5.99. The average molecular weight is 264 g/mol. The number of hydrogen-bond acceptors (Lipinski definition) is 4. The minimum absolute atomic E-state index is 0.0219. The lowest BCUT2D eigenvalue weighted by molar-refractivity contribution is 0.274. The molecule has 104 valence electrons. The van der Waals surface area contributed by atoms with E-state index in [0.29, 0.717) is 11.4 Å². The van der Waals surface area contributed by atoms with E-state index in [4.69, 9.17) is 10.2 Å². The number of nitrogens with zero attached hydrogens (tertiary/aromatic N) is 4. The molecule has 0 bridgehead atoms. The summed E-state index contributed by atoms with van der Waals surface area (Å²) in [6.07, 6.45) is 0.904. The van der Waals surface area contributed by atoms with Crippen LogP contribution in [-0.4, -0.2) is 29.8 Å². The first kappa shape index (κ1) is 13.8. The van der Waals surface area contributed by atoms with Crippen LogP contribution in [0.2, 0.25) is 0 Å². The van der Waals surface area contributed by atoms with Crippen LogP contribution in [0.25, 0.3) is 0 Å². The van der Waals surface area contributed by atoms with Crippen LogP contribution < -0.4 is 0 Å². The van der Waals surface area contributed by atoms with Gasteiger partial charge < -0.3 is 10.2 Å². The van der Waals surface area contributed by atoms with Gasteiger partial charge >= 0.3 is 0 Å². The number of rotatable bonds is 6. The Morgan fingerprint density at radius 1 is 0.895 bits per heavy atom. The van der Waals surface area contributed by atoms with Gasteiger partial charge in [0, 0.05) is 24.5 Å². The molecule has 0 aromatic carbocycles. The molecule has 2 rings (SSSR count). The number of hydrogen-bond donors (Lipinski definition) is 2. The van der Waals surface area contributed by atoms with E-state index in [-0.39, 0.29) is 13.2 Å². The Balaban J connectivity index is 1.92. The van der Waals surface area contributed by atoms with E-state index in [1.165, 1.54) is 0 Å². The summed E-state index contributed by atoms with van der Waals surface area (Å²) >= 11 is 0. The van der Waals surface area contributed by atoms with Crippen LogP contribution in [0.1, 0.15) is 29.2 Å². The van der Waals surface area contributed by atoms with Gasteiger partial charge in [0.15, 0.2) is 0 Å². The molecule has 0 fully saturated rings. The fourth-order valence-electron chi connectivity index (χ4n) is 2.13. The molecule has 0 saturated heterocycles. The first-order valence-electron chi connectivity index (χ1n) is 6.42. The monoisotopic (exact) mass is 264 g/mol. The molecular weight excluding hydrogens is 244 g/mol. The van der Waals surface area contributed by atoms with E-state index in [1.54, 1.807) is 0 Å². The number of aromatic nitrogens is 4. The van der Waals surface area contributed by atoms with Gasteiger partial charge in [0.25, 0.3) is 0 Å². The largest absolute Gasteiger partial charge is 0.390 e. The van der Waals surface area contributed by atoms with Crippen LogP contribution in [-0.2, 0) is 26.3 Å². The van der Waals surface area contributed by atoms with E-state index < -0.39 is 0 Å². The summed E-state index contributed by atoms with van der Waals surface area (Å²) in [6.45, 7) is 5.50. The Kier molecular flexibility index (Phi) is 4.34. The SMILES string of the molecule is Cc1cc(CO)nn1CCCn1nc(CO)cc1C. The topological polar surface area (TPSA) is 76.1 Å². The van der Waals surface area contributed by atoms with Gasteiger partial charge in [-0.15, -0.1) is 0 Å². The molecule has 6 nitrogen and oxygen atoms in total. The molecule has 2 heterocycles. The molecule has 0 aliphatic carbocycles. The summed E-state index contributed by atoms with van der Waals surface area (Å²) in [4.78, 5) is 0. The molecule has 0 spiro atoms. The summed E-state index contributed by atoms with van der Waals surface area (Å²) in [7, 11) is 0. The Hall–Kier alpha value is -1.66. The maximum absolute atomic E-state index is 9.03. The summed E-state index contributed by atoms with van der Waals surface area (Å²) in [5.41, 5.74) is 3.51. The molecule has 0 unspecified atom stereocenters. The molecule has 2 N–H and O–H groups in total. The maximum atomic E-state index is 9.03. The van der Waals surface area contributed by atoms with Crippen molar-refractivity contribution in [2.24, 2.45) is 0 Å². The van der Waals surface area contributed by atoms with Gasteiger partial charge in [-0.1, -0.05) is 0 Å². The summed E-state index contributed by atoms with van der Waals surface area (Å²) in [5, 5.41) is 26.7. The van der Waals surface area contributed by atoms with Crippen LogP contribution in [0.4, 0.5) is 0 Å². The van der Waals surface area contributed by atoms with Crippen LogP contribution in [0.15, 0.2) is 12.1 Å². The molecule has 2 aromatic heterocycles. The first-order valence-corrected chi connectivity index (χ1v) is 6.42. The third kappa shape index (κ3) is 3.21. The van der Waals surface area contributed by atoms with Crippen LogP contribution in [0.3, 0.4) is 0 Å². The highest BCUT2D eigenvalue weighted by molar-refractivity contribution is 5.08. The molecular formula is C13H20N4O2. The summed E-state index contributed by atoms with van der Waals surface area (Å²) in [5.74, 6) is 0. The minimum Gasteiger partial charge on any atom is -0.390 e. The first-order chi connectivity index (χ1) is 9.13. The van der Waals surface area contributed by atoms with Crippen molar-refractivity contribution in [1.29, 1.82) is 0 Å². The Morgan fingerprint density at radius 3 is 1.63 bits per heavy atom. The molecule has 0 aliphatic heterocycles. The maximum Gasteiger partial charge on any atom is 0.0881 e. The second-order valence-electron chi connectivity index (χ2n) is 4.67. The normalized spacial score (nSPS) is 11.2. The van der Waals surface area contributed by atoms with Crippen molar-refractivity contribution >= 4 is 0 Å². The van der Waals surface area contributed by atoms with Gasteiger partial charge in [-0.05, 0) is 32.4 Å². The van der Waals surface area contributed by atoms with E-state index >= 15 is 0 Å². The highest BCUT2D eigenvalue weighted by atomic mass is 16.3. The molecule has 0 amide bonds. The van der Waals surface area contributed by atoms with Crippen molar-refractivity contribution in [3.8, 4) is 0 Å².